The maximum Gasteiger partial charge on any atom is 0.494 e. The Morgan fingerprint density at radius 1 is 0.650 bits per heavy atom. The summed E-state index contributed by atoms with van der Waals surface area (Å²) in [6, 6.07) is 36.1. The zero-order valence-corrected chi connectivity index (χ0v) is 23.8. The first-order valence-corrected chi connectivity index (χ1v) is 13.7. The number of nitrogens with zero attached hydrogens (tertiary/aromatic N) is 1. The van der Waals surface area contributed by atoms with E-state index in [2.05, 4.69) is 143 Å². The van der Waals surface area contributed by atoms with Crippen molar-refractivity contribution in [2.75, 3.05) is 4.90 Å². The molecule has 4 aromatic rings. The standard InChI is InChI=1S/C36H36BNO2/c1-7-12-27(8-2)28-15-17-29(18-16-28)30-19-23-33(24-20-30)38(32-13-10-9-11-14-32)34-25-21-31(22-26-34)37-39-35(3,4)36(5,6)40-37/h7-26H,1-2H2,3-6H3/b27-12+. The summed E-state index contributed by atoms with van der Waals surface area (Å²) in [5, 5.41) is 0. The summed E-state index contributed by atoms with van der Waals surface area (Å²) in [6.45, 7) is 16.0. The van der Waals surface area contributed by atoms with E-state index in [1.165, 1.54) is 0 Å². The SMILES string of the molecule is C=C/C=C(\C=C)c1ccc(-c2ccc(N(c3ccccc3)c3ccc(B4OC(C)(C)C(C)(C)O4)cc3)cc2)cc1. The zero-order chi connectivity index (χ0) is 28.3. The van der Waals surface area contributed by atoms with Crippen molar-refractivity contribution in [3.8, 4) is 11.1 Å². The van der Waals surface area contributed by atoms with E-state index < -0.39 is 0 Å². The molecule has 0 bridgehead atoms. The highest BCUT2D eigenvalue weighted by atomic mass is 16.7. The third-order valence-electron chi connectivity index (χ3n) is 7.89. The first kappa shape index (κ1) is 27.5. The number of benzene rings is 4. The fourth-order valence-corrected chi connectivity index (χ4v) is 4.85. The van der Waals surface area contributed by atoms with Crippen molar-refractivity contribution in [1.29, 1.82) is 0 Å². The van der Waals surface area contributed by atoms with Crippen molar-refractivity contribution in [3.63, 3.8) is 0 Å². The fraction of sp³-hybridized carbons (Fsp3) is 0.167. The van der Waals surface area contributed by atoms with Crippen LogP contribution in [0, 0.1) is 0 Å². The van der Waals surface area contributed by atoms with Crippen molar-refractivity contribution in [3.05, 3.63) is 140 Å². The Morgan fingerprint density at radius 2 is 1.12 bits per heavy atom. The van der Waals surface area contributed by atoms with Gasteiger partial charge in [0.05, 0.1) is 11.2 Å². The Balaban J connectivity index is 1.43. The topological polar surface area (TPSA) is 21.7 Å². The third kappa shape index (κ3) is 5.47. The summed E-state index contributed by atoms with van der Waals surface area (Å²) in [6.07, 6.45) is 5.61. The van der Waals surface area contributed by atoms with E-state index in [4.69, 9.17) is 9.31 Å². The van der Waals surface area contributed by atoms with E-state index in [9.17, 15) is 0 Å². The molecule has 40 heavy (non-hydrogen) atoms. The lowest BCUT2D eigenvalue weighted by molar-refractivity contribution is 0.00578. The first-order valence-electron chi connectivity index (χ1n) is 13.7. The molecule has 3 nitrogen and oxygen atoms in total. The van der Waals surface area contributed by atoms with E-state index in [0.717, 1.165) is 44.8 Å². The van der Waals surface area contributed by atoms with Crippen LogP contribution < -0.4 is 10.4 Å². The lowest BCUT2D eigenvalue weighted by Crippen LogP contribution is -2.41. The van der Waals surface area contributed by atoms with Crippen LogP contribution >= 0.6 is 0 Å². The average Bonchev–Trinajstić information content (AvgIpc) is 3.19. The van der Waals surface area contributed by atoms with Gasteiger partial charge in [-0.1, -0.05) is 98.1 Å². The van der Waals surface area contributed by atoms with Gasteiger partial charge in [0.25, 0.3) is 0 Å². The van der Waals surface area contributed by atoms with Crippen LogP contribution in [0.2, 0.25) is 0 Å². The van der Waals surface area contributed by atoms with Gasteiger partial charge in [-0.3, -0.25) is 0 Å². The highest BCUT2D eigenvalue weighted by Gasteiger charge is 2.51. The second-order valence-corrected chi connectivity index (χ2v) is 11.0. The first-order chi connectivity index (χ1) is 19.2. The molecule has 200 valence electrons. The van der Waals surface area contributed by atoms with E-state index in [1.807, 2.05) is 18.2 Å². The molecule has 0 atom stereocenters. The maximum atomic E-state index is 6.27. The van der Waals surface area contributed by atoms with Crippen LogP contribution in [0.15, 0.2) is 135 Å². The minimum Gasteiger partial charge on any atom is -0.399 e. The molecule has 1 saturated heterocycles. The van der Waals surface area contributed by atoms with Crippen molar-refractivity contribution < 1.29 is 9.31 Å². The molecular formula is C36H36BNO2. The van der Waals surface area contributed by atoms with Gasteiger partial charge in [-0.15, -0.1) is 0 Å². The number of para-hydroxylation sites is 1. The van der Waals surface area contributed by atoms with Gasteiger partial charge in [0, 0.05) is 17.1 Å². The molecule has 0 aliphatic carbocycles. The Hall–Kier alpha value is -4.12. The van der Waals surface area contributed by atoms with Gasteiger partial charge in [0.2, 0.25) is 0 Å². The van der Waals surface area contributed by atoms with Crippen LogP contribution in [0.5, 0.6) is 0 Å². The molecule has 0 radical (unpaired) electrons. The summed E-state index contributed by atoms with van der Waals surface area (Å²) < 4.78 is 12.5. The third-order valence-corrected chi connectivity index (χ3v) is 7.89. The molecule has 0 N–H and O–H groups in total. The average molecular weight is 526 g/mol. The highest BCUT2D eigenvalue weighted by Crippen LogP contribution is 2.38. The van der Waals surface area contributed by atoms with E-state index in [0.29, 0.717) is 0 Å². The molecule has 4 heteroatoms. The van der Waals surface area contributed by atoms with Crippen LogP contribution in [0.1, 0.15) is 33.3 Å². The maximum absolute atomic E-state index is 6.27. The van der Waals surface area contributed by atoms with Gasteiger partial charge < -0.3 is 14.2 Å². The monoisotopic (exact) mass is 525 g/mol. The molecule has 1 aliphatic rings. The van der Waals surface area contributed by atoms with Gasteiger partial charge in [-0.05, 0) is 91.8 Å². The van der Waals surface area contributed by atoms with Crippen molar-refractivity contribution in [2.45, 2.75) is 38.9 Å². The van der Waals surface area contributed by atoms with Gasteiger partial charge in [0.1, 0.15) is 0 Å². The van der Waals surface area contributed by atoms with E-state index >= 15 is 0 Å². The van der Waals surface area contributed by atoms with Gasteiger partial charge in [0.15, 0.2) is 0 Å². The lowest BCUT2D eigenvalue weighted by Gasteiger charge is -2.32. The molecular weight excluding hydrogens is 489 g/mol. The minimum absolute atomic E-state index is 0.370. The summed E-state index contributed by atoms with van der Waals surface area (Å²) >= 11 is 0. The van der Waals surface area contributed by atoms with E-state index in [-0.39, 0.29) is 18.3 Å². The number of hydrogen-bond donors (Lipinski definition) is 0. The fourth-order valence-electron chi connectivity index (χ4n) is 4.85. The number of anilines is 3. The van der Waals surface area contributed by atoms with Crippen molar-refractivity contribution >= 4 is 35.2 Å². The second kappa shape index (κ2) is 11.2. The number of hydrogen-bond acceptors (Lipinski definition) is 3. The Morgan fingerprint density at radius 3 is 1.62 bits per heavy atom. The molecule has 0 amide bonds. The van der Waals surface area contributed by atoms with Crippen molar-refractivity contribution in [2.24, 2.45) is 0 Å². The Labute approximate surface area is 239 Å². The predicted molar refractivity (Wildman–Crippen MR) is 171 cm³/mol. The number of allylic oxidation sites excluding steroid dienone is 4. The van der Waals surface area contributed by atoms with Crippen LogP contribution in [0.4, 0.5) is 17.1 Å². The van der Waals surface area contributed by atoms with Crippen molar-refractivity contribution in [1.82, 2.24) is 0 Å². The van der Waals surface area contributed by atoms with Crippen LogP contribution in [-0.4, -0.2) is 18.3 Å². The highest BCUT2D eigenvalue weighted by molar-refractivity contribution is 6.62. The molecule has 0 aromatic heterocycles. The van der Waals surface area contributed by atoms with Crippen LogP contribution in [0.3, 0.4) is 0 Å². The molecule has 0 saturated carbocycles. The minimum atomic E-state index is -0.385. The van der Waals surface area contributed by atoms with Crippen LogP contribution in [-0.2, 0) is 9.31 Å². The normalized spacial score (nSPS) is 16.0. The molecule has 0 spiro atoms. The van der Waals surface area contributed by atoms with Gasteiger partial charge in [-0.25, -0.2) is 0 Å². The summed E-state index contributed by atoms with van der Waals surface area (Å²) in [5.74, 6) is 0. The molecule has 4 aromatic carbocycles. The predicted octanol–water partition coefficient (Wildman–Crippen LogP) is 8.88. The van der Waals surface area contributed by atoms with E-state index in [1.54, 1.807) is 6.08 Å². The van der Waals surface area contributed by atoms with Gasteiger partial charge in [-0.2, -0.15) is 0 Å². The Kier molecular flexibility index (Phi) is 7.67. The van der Waals surface area contributed by atoms with Gasteiger partial charge >= 0.3 is 7.12 Å². The summed E-state index contributed by atoms with van der Waals surface area (Å²) in [5.41, 5.74) is 8.00. The quantitative estimate of drug-likeness (QED) is 0.169. The Bertz CT molecular complexity index is 1490. The molecule has 1 aliphatic heterocycles. The zero-order valence-electron chi connectivity index (χ0n) is 23.8. The molecule has 1 heterocycles. The molecule has 0 unspecified atom stereocenters. The number of rotatable bonds is 8. The molecule has 1 fully saturated rings. The molecule has 5 rings (SSSR count). The van der Waals surface area contributed by atoms with Crippen LogP contribution in [0.25, 0.3) is 16.7 Å². The summed E-state index contributed by atoms with van der Waals surface area (Å²) in [7, 11) is -0.385. The largest absolute Gasteiger partial charge is 0.494 e. The smallest absolute Gasteiger partial charge is 0.399 e. The lowest BCUT2D eigenvalue weighted by atomic mass is 9.79. The second-order valence-electron chi connectivity index (χ2n) is 11.0. The summed E-state index contributed by atoms with van der Waals surface area (Å²) in [4.78, 5) is 2.26.